The first-order valence-electron chi connectivity index (χ1n) is 6.52. The first-order valence-corrected chi connectivity index (χ1v) is 6.52. The Bertz CT molecular complexity index is 1010. The minimum absolute atomic E-state index is 0.183. The van der Waals surface area contributed by atoms with Crippen LogP contribution in [0.25, 0.3) is 22.3 Å². The van der Waals surface area contributed by atoms with Gasteiger partial charge in [-0.1, -0.05) is 12.1 Å². The van der Waals surface area contributed by atoms with Gasteiger partial charge in [0.2, 0.25) is 0 Å². The second-order valence-electron chi connectivity index (χ2n) is 5.03. The minimum atomic E-state index is -1.00. The third-order valence-electron chi connectivity index (χ3n) is 3.69. The lowest BCUT2D eigenvalue weighted by atomic mass is 10.1. The first kappa shape index (κ1) is 13.9. The molecule has 112 valence electrons. The smallest absolute Gasteiger partial charge is 0.335 e. The number of nitrogens with zero attached hydrogens (tertiary/aromatic N) is 2. The number of nitrogens with one attached hydrogen (secondary N) is 1. The SMILES string of the molecule is Cn1c(=O)c2[nH]c(-c3ccc(C(=O)O)cc3)cc2n(C)c1=O. The number of aromatic amines is 1. The summed E-state index contributed by atoms with van der Waals surface area (Å²) in [6.07, 6.45) is 0. The lowest BCUT2D eigenvalue weighted by Gasteiger charge is -2.02. The van der Waals surface area contributed by atoms with Crippen LogP contribution in [0.3, 0.4) is 0 Å². The van der Waals surface area contributed by atoms with Gasteiger partial charge < -0.3 is 10.1 Å². The number of hydrogen-bond acceptors (Lipinski definition) is 3. The van der Waals surface area contributed by atoms with Gasteiger partial charge in [0.15, 0.2) is 0 Å². The lowest BCUT2D eigenvalue weighted by Crippen LogP contribution is -2.36. The molecule has 3 aromatic rings. The molecule has 0 atom stereocenters. The summed E-state index contributed by atoms with van der Waals surface area (Å²) in [4.78, 5) is 37.9. The van der Waals surface area contributed by atoms with Crippen molar-refractivity contribution in [2.24, 2.45) is 14.1 Å². The maximum absolute atomic E-state index is 12.1. The highest BCUT2D eigenvalue weighted by Gasteiger charge is 2.13. The normalized spacial score (nSPS) is 11.0. The average molecular weight is 299 g/mol. The van der Waals surface area contributed by atoms with Gasteiger partial charge in [-0.3, -0.25) is 13.9 Å². The number of rotatable bonds is 2. The molecule has 2 heterocycles. The van der Waals surface area contributed by atoms with E-state index in [1.54, 1.807) is 25.2 Å². The minimum Gasteiger partial charge on any atom is -0.478 e. The molecule has 7 heteroatoms. The van der Waals surface area contributed by atoms with Crippen molar-refractivity contribution in [1.82, 2.24) is 14.1 Å². The van der Waals surface area contributed by atoms with Crippen molar-refractivity contribution in [3.8, 4) is 11.3 Å². The topological polar surface area (TPSA) is 97.1 Å². The molecule has 0 saturated carbocycles. The molecule has 0 radical (unpaired) electrons. The summed E-state index contributed by atoms with van der Waals surface area (Å²) in [6, 6.07) is 7.97. The number of fused-ring (bicyclic) bond motifs is 1. The second-order valence-corrected chi connectivity index (χ2v) is 5.03. The van der Waals surface area contributed by atoms with Crippen LogP contribution in [0.1, 0.15) is 10.4 Å². The highest BCUT2D eigenvalue weighted by molar-refractivity contribution is 5.89. The maximum Gasteiger partial charge on any atom is 0.335 e. The van der Waals surface area contributed by atoms with E-state index >= 15 is 0 Å². The zero-order valence-electron chi connectivity index (χ0n) is 12.0. The standard InChI is InChI=1S/C15H13N3O4/c1-17-11-7-10(8-3-5-9(6-4-8)14(20)21)16-12(11)13(19)18(2)15(17)22/h3-7,16H,1-2H3,(H,20,21). The predicted molar refractivity (Wildman–Crippen MR) is 81.2 cm³/mol. The first-order chi connectivity index (χ1) is 10.4. The Labute approximate surface area is 124 Å². The van der Waals surface area contributed by atoms with Gasteiger partial charge in [-0.25, -0.2) is 9.59 Å². The number of aromatic carboxylic acids is 1. The molecular weight excluding hydrogens is 286 g/mol. The van der Waals surface area contributed by atoms with Crippen molar-refractivity contribution >= 4 is 17.0 Å². The van der Waals surface area contributed by atoms with Crippen molar-refractivity contribution in [2.45, 2.75) is 0 Å². The Morgan fingerprint density at radius 3 is 2.32 bits per heavy atom. The summed E-state index contributed by atoms with van der Waals surface area (Å²) in [5.41, 5.74) is 1.60. The van der Waals surface area contributed by atoms with Crippen molar-refractivity contribution in [2.75, 3.05) is 0 Å². The van der Waals surface area contributed by atoms with E-state index in [1.807, 2.05) is 0 Å². The van der Waals surface area contributed by atoms with Gasteiger partial charge in [-0.05, 0) is 23.8 Å². The van der Waals surface area contributed by atoms with Crippen LogP contribution in [-0.2, 0) is 14.1 Å². The molecule has 22 heavy (non-hydrogen) atoms. The van der Waals surface area contributed by atoms with Crippen LogP contribution in [0, 0.1) is 0 Å². The summed E-state index contributed by atoms with van der Waals surface area (Å²) in [5.74, 6) is -1.00. The molecule has 2 N–H and O–H groups in total. The van der Waals surface area contributed by atoms with Gasteiger partial charge in [0.05, 0.1) is 11.1 Å². The fourth-order valence-corrected chi connectivity index (χ4v) is 2.40. The van der Waals surface area contributed by atoms with E-state index < -0.39 is 17.2 Å². The van der Waals surface area contributed by atoms with Crippen LogP contribution in [0.2, 0.25) is 0 Å². The summed E-state index contributed by atoms with van der Waals surface area (Å²) < 4.78 is 2.43. The van der Waals surface area contributed by atoms with E-state index in [4.69, 9.17) is 5.11 Å². The number of aryl methyl sites for hydroxylation is 1. The Hall–Kier alpha value is -3.09. The number of aromatic nitrogens is 3. The molecule has 7 nitrogen and oxygen atoms in total. The molecule has 0 aliphatic heterocycles. The van der Waals surface area contributed by atoms with E-state index in [9.17, 15) is 14.4 Å². The van der Waals surface area contributed by atoms with Crippen LogP contribution < -0.4 is 11.2 Å². The monoisotopic (exact) mass is 299 g/mol. The average Bonchev–Trinajstić information content (AvgIpc) is 2.96. The molecule has 3 rings (SSSR count). The Morgan fingerprint density at radius 2 is 1.73 bits per heavy atom. The number of carboxylic acid groups (broad SMARTS) is 1. The van der Waals surface area contributed by atoms with Gasteiger partial charge in [0.1, 0.15) is 5.52 Å². The fourth-order valence-electron chi connectivity index (χ4n) is 2.40. The van der Waals surface area contributed by atoms with Crippen molar-refractivity contribution in [3.63, 3.8) is 0 Å². The van der Waals surface area contributed by atoms with Crippen molar-refractivity contribution < 1.29 is 9.90 Å². The third-order valence-corrected chi connectivity index (χ3v) is 3.69. The maximum atomic E-state index is 12.1. The van der Waals surface area contributed by atoms with Gasteiger partial charge in [-0.2, -0.15) is 0 Å². The summed E-state index contributed by atoms with van der Waals surface area (Å²) >= 11 is 0. The predicted octanol–water partition coefficient (Wildman–Crippen LogP) is 0.930. The molecule has 0 bridgehead atoms. The zero-order valence-corrected chi connectivity index (χ0v) is 12.0. The molecular formula is C15H13N3O4. The lowest BCUT2D eigenvalue weighted by molar-refractivity contribution is 0.0697. The van der Waals surface area contributed by atoms with E-state index in [0.717, 1.165) is 10.1 Å². The zero-order chi connectivity index (χ0) is 16.0. The summed E-state index contributed by atoms with van der Waals surface area (Å²) in [6.45, 7) is 0. The second kappa shape index (κ2) is 4.73. The Kier molecular flexibility index (Phi) is 2.98. The van der Waals surface area contributed by atoms with Crippen molar-refractivity contribution in [3.05, 3.63) is 56.7 Å². The molecule has 0 saturated heterocycles. The molecule has 0 fully saturated rings. The summed E-state index contributed by atoms with van der Waals surface area (Å²) in [7, 11) is 3.02. The highest BCUT2D eigenvalue weighted by atomic mass is 16.4. The number of carboxylic acids is 1. The van der Waals surface area contributed by atoms with Gasteiger partial charge in [0, 0.05) is 19.8 Å². The number of carbonyl (C=O) groups is 1. The molecule has 1 aromatic carbocycles. The van der Waals surface area contributed by atoms with Crippen LogP contribution in [0.15, 0.2) is 39.9 Å². The molecule has 0 amide bonds. The number of benzene rings is 1. The number of H-pyrrole nitrogens is 1. The van der Waals surface area contributed by atoms with Crippen LogP contribution >= 0.6 is 0 Å². The fraction of sp³-hybridized carbons (Fsp3) is 0.133. The quantitative estimate of drug-likeness (QED) is 0.735. The molecule has 0 aliphatic carbocycles. The molecule has 0 aliphatic rings. The van der Waals surface area contributed by atoms with Crippen LogP contribution in [-0.4, -0.2) is 25.2 Å². The van der Waals surface area contributed by atoms with Gasteiger partial charge in [0.25, 0.3) is 5.56 Å². The van der Waals surface area contributed by atoms with E-state index in [0.29, 0.717) is 16.7 Å². The van der Waals surface area contributed by atoms with Gasteiger partial charge >= 0.3 is 11.7 Å². The van der Waals surface area contributed by atoms with E-state index in [-0.39, 0.29) is 5.56 Å². The van der Waals surface area contributed by atoms with E-state index in [2.05, 4.69) is 4.98 Å². The molecule has 0 spiro atoms. The largest absolute Gasteiger partial charge is 0.478 e. The third kappa shape index (κ3) is 1.95. The van der Waals surface area contributed by atoms with E-state index in [1.165, 1.54) is 23.7 Å². The number of hydrogen-bond donors (Lipinski definition) is 2. The van der Waals surface area contributed by atoms with Crippen LogP contribution in [0.5, 0.6) is 0 Å². The Morgan fingerprint density at radius 1 is 1.09 bits per heavy atom. The van der Waals surface area contributed by atoms with Gasteiger partial charge in [-0.15, -0.1) is 0 Å². The molecule has 2 aromatic heterocycles. The molecule has 0 unspecified atom stereocenters. The van der Waals surface area contributed by atoms with Crippen LogP contribution in [0.4, 0.5) is 0 Å². The highest BCUT2D eigenvalue weighted by Crippen LogP contribution is 2.22. The Balaban J connectivity index is 2.23. The van der Waals surface area contributed by atoms with Crippen molar-refractivity contribution in [1.29, 1.82) is 0 Å². The summed E-state index contributed by atoms with van der Waals surface area (Å²) in [5, 5.41) is 8.90.